The molecule has 0 aliphatic heterocycles. The van der Waals surface area contributed by atoms with E-state index in [2.05, 4.69) is 187 Å². The molecule has 0 N–H and O–H groups in total. The van der Waals surface area contributed by atoms with Crippen LogP contribution >= 0.6 is 11.3 Å². The molecule has 10 rings (SSSR count). The first-order chi connectivity index (χ1) is 25.3. The zero-order chi connectivity index (χ0) is 33.7. The first-order valence-corrected chi connectivity index (χ1v) is 17.9. The summed E-state index contributed by atoms with van der Waals surface area (Å²) in [7, 11) is 0. The van der Waals surface area contributed by atoms with Crippen molar-refractivity contribution in [2.45, 2.75) is 0 Å². The number of furan rings is 1. The van der Waals surface area contributed by atoms with E-state index >= 15 is 0 Å². The Morgan fingerprint density at radius 2 is 1.10 bits per heavy atom. The maximum absolute atomic E-state index is 6.51. The Morgan fingerprint density at radius 1 is 0.451 bits per heavy atom. The number of rotatable bonds is 6. The monoisotopic (exact) mass is 670 g/mol. The lowest BCUT2D eigenvalue weighted by molar-refractivity contribution is 0.669. The highest BCUT2D eigenvalue weighted by atomic mass is 32.1. The van der Waals surface area contributed by atoms with Crippen molar-refractivity contribution in [1.82, 2.24) is 4.98 Å². The van der Waals surface area contributed by atoms with Crippen molar-refractivity contribution in [2.24, 2.45) is 0 Å². The van der Waals surface area contributed by atoms with Gasteiger partial charge in [-0.2, -0.15) is 0 Å². The quantitative estimate of drug-likeness (QED) is 0.176. The summed E-state index contributed by atoms with van der Waals surface area (Å²) in [6, 6.07) is 64.3. The summed E-state index contributed by atoms with van der Waals surface area (Å²) in [5.74, 6) is 0. The molecule has 0 aliphatic carbocycles. The predicted octanol–water partition coefficient (Wildman–Crippen LogP) is 13.8. The fourth-order valence-corrected chi connectivity index (χ4v) is 8.32. The van der Waals surface area contributed by atoms with Gasteiger partial charge in [-0.05, 0) is 88.3 Å². The van der Waals surface area contributed by atoms with Crippen molar-refractivity contribution >= 4 is 71.3 Å². The molecule has 0 bridgehead atoms. The highest BCUT2D eigenvalue weighted by molar-refractivity contribution is 7.22. The van der Waals surface area contributed by atoms with Crippen LogP contribution in [0, 0.1) is 0 Å². The van der Waals surface area contributed by atoms with E-state index in [-0.39, 0.29) is 0 Å². The van der Waals surface area contributed by atoms with Crippen LogP contribution in [0.3, 0.4) is 0 Å². The Kier molecular flexibility index (Phi) is 7.00. The second kappa shape index (κ2) is 12.1. The zero-order valence-electron chi connectivity index (χ0n) is 27.5. The topological polar surface area (TPSA) is 29.3 Å². The Labute approximate surface area is 299 Å². The average Bonchev–Trinajstić information content (AvgIpc) is 3.81. The van der Waals surface area contributed by atoms with E-state index in [0.29, 0.717) is 0 Å². The van der Waals surface area contributed by atoms with Gasteiger partial charge in [-0.25, -0.2) is 4.98 Å². The minimum absolute atomic E-state index is 0.866. The molecule has 3 nitrogen and oxygen atoms in total. The SMILES string of the molecule is c1ccc(-c2ccc(N(c3ccccc3)c3ccc(-c4cccc5oc6cc(-c7nc8ccc9ccccc9c8s7)ccc6c45)cc3)cc2)cc1. The molecule has 0 saturated heterocycles. The van der Waals surface area contributed by atoms with Gasteiger partial charge in [0, 0.05) is 38.8 Å². The lowest BCUT2D eigenvalue weighted by Gasteiger charge is -2.26. The Balaban J connectivity index is 1.02. The van der Waals surface area contributed by atoms with Crippen molar-refractivity contribution in [2.75, 3.05) is 4.90 Å². The number of anilines is 3. The number of hydrogen-bond acceptors (Lipinski definition) is 4. The Hall–Kier alpha value is -6.49. The molecule has 2 heterocycles. The van der Waals surface area contributed by atoms with E-state index in [0.717, 1.165) is 66.2 Å². The first kappa shape index (κ1) is 29.4. The summed E-state index contributed by atoms with van der Waals surface area (Å²) >= 11 is 1.74. The van der Waals surface area contributed by atoms with Gasteiger partial charge in [0.15, 0.2) is 0 Å². The number of hydrogen-bond donors (Lipinski definition) is 0. The van der Waals surface area contributed by atoms with E-state index < -0.39 is 0 Å². The maximum atomic E-state index is 6.51. The third kappa shape index (κ3) is 5.16. The molecule has 0 spiro atoms. The lowest BCUT2D eigenvalue weighted by Crippen LogP contribution is -2.09. The van der Waals surface area contributed by atoms with Crippen LogP contribution in [-0.2, 0) is 0 Å². The molecule has 0 aliphatic rings. The number of fused-ring (bicyclic) bond motifs is 6. The Bertz CT molecular complexity index is 2840. The highest BCUT2D eigenvalue weighted by Crippen LogP contribution is 2.42. The maximum Gasteiger partial charge on any atom is 0.136 e. The van der Waals surface area contributed by atoms with E-state index in [4.69, 9.17) is 9.40 Å². The molecule has 0 unspecified atom stereocenters. The molecule has 10 aromatic rings. The van der Waals surface area contributed by atoms with Gasteiger partial charge in [-0.3, -0.25) is 0 Å². The minimum atomic E-state index is 0.866. The minimum Gasteiger partial charge on any atom is -0.456 e. The molecule has 0 atom stereocenters. The molecule has 240 valence electrons. The summed E-state index contributed by atoms with van der Waals surface area (Å²) in [5, 5.41) is 5.70. The number of thiazole rings is 1. The molecule has 0 radical (unpaired) electrons. The fourth-order valence-electron chi connectivity index (χ4n) is 7.23. The molecule has 0 fully saturated rings. The van der Waals surface area contributed by atoms with E-state index in [9.17, 15) is 0 Å². The Morgan fingerprint density at radius 3 is 1.88 bits per heavy atom. The van der Waals surface area contributed by atoms with E-state index in [1.54, 1.807) is 11.3 Å². The summed E-state index contributed by atoms with van der Waals surface area (Å²) in [5.41, 5.74) is 11.8. The summed E-state index contributed by atoms with van der Waals surface area (Å²) in [4.78, 5) is 7.32. The summed E-state index contributed by atoms with van der Waals surface area (Å²) < 4.78 is 7.73. The first-order valence-electron chi connectivity index (χ1n) is 17.1. The van der Waals surface area contributed by atoms with Crippen molar-refractivity contribution in [3.05, 3.63) is 182 Å². The number of nitrogens with zero attached hydrogens (tertiary/aromatic N) is 2. The lowest BCUT2D eigenvalue weighted by atomic mass is 9.98. The second-order valence-electron chi connectivity index (χ2n) is 12.8. The van der Waals surface area contributed by atoms with E-state index in [1.165, 1.54) is 26.6 Å². The van der Waals surface area contributed by atoms with Gasteiger partial charge in [-0.15, -0.1) is 11.3 Å². The van der Waals surface area contributed by atoms with Gasteiger partial charge in [0.1, 0.15) is 16.2 Å². The van der Waals surface area contributed by atoms with Crippen LogP contribution in [0.1, 0.15) is 0 Å². The molecular formula is C47H30N2OS. The highest BCUT2D eigenvalue weighted by Gasteiger charge is 2.17. The van der Waals surface area contributed by atoms with Crippen molar-refractivity contribution in [3.8, 4) is 32.8 Å². The van der Waals surface area contributed by atoms with Crippen LogP contribution in [0.5, 0.6) is 0 Å². The molecular weight excluding hydrogens is 641 g/mol. The van der Waals surface area contributed by atoms with Crippen LogP contribution in [0.2, 0.25) is 0 Å². The van der Waals surface area contributed by atoms with Crippen LogP contribution < -0.4 is 4.90 Å². The van der Waals surface area contributed by atoms with Crippen molar-refractivity contribution < 1.29 is 4.42 Å². The van der Waals surface area contributed by atoms with Crippen LogP contribution in [0.25, 0.3) is 75.8 Å². The van der Waals surface area contributed by atoms with Gasteiger partial charge < -0.3 is 9.32 Å². The van der Waals surface area contributed by atoms with Crippen molar-refractivity contribution in [1.29, 1.82) is 0 Å². The molecule has 51 heavy (non-hydrogen) atoms. The normalized spacial score (nSPS) is 11.5. The standard InChI is InChI=1S/C47H30N2OS/c1-3-10-31(11-4-1)32-18-24-37(25-19-32)49(36-13-5-2-6-14-36)38-26-20-34(21-27-38)39-16-9-17-43-45(39)41-28-22-35(30-44(41)50-43)47-48-42-29-23-33-12-7-8-15-40(33)46(42)51-47/h1-30H. The van der Waals surface area contributed by atoms with Gasteiger partial charge >= 0.3 is 0 Å². The zero-order valence-corrected chi connectivity index (χ0v) is 28.3. The van der Waals surface area contributed by atoms with Crippen molar-refractivity contribution in [3.63, 3.8) is 0 Å². The average molecular weight is 671 g/mol. The molecule has 4 heteroatoms. The summed E-state index contributed by atoms with van der Waals surface area (Å²) in [6.07, 6.45) is 0. The smallest absolute Gasteiger partial charge is 0.136 e. The van der Waals surface area contributed by atoms with Gasteiger partial charge in [-0.1, -0.05) is 121 Å². The number of para-hydroxylation sites is 1. The summed E-state index contributed by atoms with van der Waals surface area (Å²) in [6.45, 7) is 0. The second-order valence-corrected chi connectivity index (χ2v) is 13.8. The van der Waals surface area contributed by atoms with Gasteiger partial charge in [0.05, 0.1) is 10.2 Å². The molecule has 8 aromatic carbocycles. The molecule has 0 saturated carbocycles. The number of aromatic nitrogens is 1. The van der Waals surface area contributed by atoms with Crippen LogP contribution in [-0.4, -0.2) is 4.98 Å². The molecule has 2 aromatic heterocycles. The predicted molar refractivity (Wildman–Crippen MR) is 215 cm³/mol. The third-order valence-corrected chi connectivity index (χ3v) is 10.9. The largest absolute Gasteiger partial charge is 0.456 e. The third-order valence-electron chi connectivity index (χ3n) is 9.71. The molecule has 0 amide bonds. The number of benzene rings is 8. The van der Waals surface area contributed by atoms with Crippen LogP contribution in [0.15, 0.2) is 186 Å². The van der Waals surface area contributed by atoms with Gasteiger partial charge in [0.25, 0.3) is 0 Å². The van der Waals surface area contributed by atoms with Gasteiger partial charge in [0.2, 0.25) is 0 Å². The van der Waals surface area contributed by atoms with Crippen LogP contribution in [0.4, 0.5) is 17.1 Å². The fraction of sp³-hybridized carbons (Fsp3) is 0. The van der Waals surface area contributed by atoms with E-state index in [1.807, 2.05) is 0 Å².